The molecule has 1 aromatic heterocycles. The molecule has 1 saturated heterocycles. The van der Waals surface area contributed by atoms with Gasteiger partial charge in [-0.1, -0.05) is 37.3 Å². The number of aryl methyl sites for hydroxylation is 2. The highest BCUT2D eigenvalue weighted by molar-refractivity contribution is 5.71. The molecule has 240 valence electrons. The van der Waals surface area contributed by atoms with E-state index >= 15 is 4.39 Å². The van der Waals surface area contributed by atoms with Gasteiger partial charge >= 0.3 is 5.97 Å². The smallest absolute Gasteiger partial charge is 0.306 e. The minimum atomic E-state index is -0.754. The van der Waals surface area contributed by atoms with Gasteiger partial charge in [-0.05, 0) is 97.2 Å². The highest BCUT2D eigenvalue weighted by Gasteiger charge is 2.39. The fourth-order valence-corrected chi connectivity index (χ4v) is 7.58. The van der Waals surface area contributed by atoms with Crippen LogP contribution in [0.15, 0.2) is 48.7 Å². The van der Waals surface area contributed by atoms with Crippen molar-refractivity contribution < 1.29 is 28.5 Å². The van der Waals surface area contributed by atoms with Gasteiger partial charge in [0.05, 0.1) is 25.3 Å². The minimum Gasteiger partial charge on any atom is -0.485 e. The second-order valence-electron chi connectivity index (χ2n) is 13.2. The van der Waals surface area contributed by atoms with Crippen LogP contribution in [0.2, 0.25) is 0 Å². The molecule has 2 aliphatic heterocycles. The first-order valence-electron chi connectivity index (χ1n) is 16.3. The zero-order chi connectivity index (χ0) is 31.7. The number of benzene rings is 2. The number of nitrogens with zero attached hydrogens (tertiary/aromatic N) is 2. The Morgan fingerprint density at radius 1 is 1.02 bits per heavy atom. The number of rotatable bonds is 12. The van der Waals surface area contributed by atoms with E-state index in [1.54, 1.807) is 14.2 Å². The summed E-state index contributed by atoms with van der Waals surface area (Å²) in [5.74, 6) is -0.299. The number of halogens is 1. The molecule has 1 aliphatic carbocycles. The highest BCUT2D eigenvalue weighted by atomic mass is 19.1. The van der Waals surface area contributed by atoms with E-state index in [9.17, 15) is 9.90 Å². The fraction of sp³-hybridized carbons (Fsp3) is 0.514. The number of methoxy groups -OCH3 is 2. The second kappa shape index (κ2) is 13.6. The van der Waals surface area contributed by atoms with Gasteiger partial charge in [0.2, 0.25) is 0 Å². The monoisotopic (exact) mass is 616 g/mol. The topological polar surface area (TPSA) is 81.1 Å². The summed E-state index contributed by atoms with van der Waals surface area (Å²) in [4.78, 5) is 18.6. The Labute approximate surface area is 265 Å². The number of ether oxygens (including phenoxy) is 3. The van der Waals surface area contributed by atoms with Crippen LogP contribution in [0.4, 0.5) is 4.39 Å². The van der Waals surface area contributed by atoms with Gasteiger partial charge in [0.1, 0.15) is 17.7 Å². The number of hydrogen-bond donors (Lipinski definition) is 1. The molecule has 1 N–H and O–H groups in total. The summed E-state index contributed by atoms with van der Waals surface area (Å²) in [5.41, 5.74) is 6.46. The predicted octanol–water partition coefficient (Wildman–Crippen LogP) is 7.10. The van der Waals surface area contributed by atoms with E-state index in [2.05, 4.69) is 40.2 Å². The third kappa shape index (κ3) is 6.79. The van der Waals surface area contributed by atoms with E-state index < -0.39 is 11.9 Å². The SMILES string of the molecule is COC[C@@H]1CC[C@@H](COC)N1Cc1cc(C2CCc3ccc([C@H](C4CC4)[C@H](C)C(=O)O)cc3O2)ccc1-c1cc(C)ncc1F. The van der Waals surface area contributed by atoms with Crippen LogP contribution in [-0.2, 0) is 27.2 Å². The average molecular weight is 617 g/mol. The van der Waals surface area contributed by atoms with Crippen molar-refractivity contribution in [3.63, 3.8) is 0 Å². The van der Waals surface area contributed by atoms with Gasteiger partial charge in [-0.15, -0.1) is 0 Å². The van der Waals surface area contributed by atoms with Crippen molar-refractivity contribution in [1.29, 1.82) is 0 Å². The number of pyridine rings is 1. The molecule has 1 saturated carbocycles. The fourth-order valence-electron chi connectivity index (χ4n) is 7.58. The van der Waals surface area contributed by atoms with Crippen molar-refractivity contribution in [2.75, 3.05) is 27.4 Å². The first-order chi connectivity index (χ1) is 21.8. The van der Waals surface area contributed by atoms with E-state index in [0.717, 1.165) is 77.8 Å². The lowest BCUT2D eigenvalue weighted by molar-refractivity contribution is -0.142. The van der Waals surface area contributed by atoms with Crippen LogP contribution < -0.4 is 4.74 Å². The summed E-state index contributed by atoms with van der Waals surface area (Å²) in [6, 6.07) is 14.9. The van der Waals surface area contributed by atoms with Crippen LogP contribution in [0.1, 0.15) is 79.0 Å². The Balaban J connectivity index is 1.34. The molecule has 2 fully saturated rings. The summed E-state index contributed by atoms with van der Waals surface area (Å²) in [7, 11) is 3.48. The van der Waals surface area contributed by atoms with E-state index in [-0.39, 0.29) is 29.9 Å². The lowest BCUT2D eigenvalue weighted by atomic mass is 9.82. The number of carbonyl (C=O) groups is 1. The van der Waals surface area contributed by atoms with Crippen LogP contribution in [0.5, 0.6) is 5.75 Å². The number of likely N-dealkylation sites (tertiary alicyclic amines) is 1. The third-order valence-electron chi connectivity index (χ3n) is 10.1. The van der Waals surface area contributed by atoms with Gasteiger partial charge in [0.15, 0.2) is 0 Å². The van der Waals surface area contributed by atoms with Gasteiger partial charge < -0.3 is 19.3 Å². The number of carboxylic acid groups (broad SMARTS) is 1. The molecule has 0 radical (unpaired) electrons. The lowest BCUT2D eigenvalue weighted by Crippen LogP contribution is -2.40. The number of hydrogen-bond acceptors (Lipinski definition) is 6. The van der Waals surface area contributed by atoms with Gasteiger partial charge in [-0.3, -0.25) is 14.7 Å². The molecule has 1 unspecified atom stereocenters. The number of carboxylic acids is 1. The average Bonchev–Trinajstić information content (AvgIpc) is 3.81. The molecule has 0 spiro atoms. The molecule has 3 aliphatic rings. The standard InChI is InChI=1S/C37H45FN2O5/c1-22-15-32(33(38)18-39-22)31-13-9-26(16-28(31)19-40-29(20-43-3)11-12-30(40)21-44-4)34-14-10-24-5-8-27(17-35(24)45-34)36(25-6-7-25)23(2)37(41)42/h5,8-9,13,15-18,23,25,29-30,34,36H,6-7,10-12,14,19-21H2,1-4H3,(H,41,42)/t23-,29-,30-,34?,36-/m0/s1. The normalized spacial score (nSPS) is 22.9. The summed E-state index contributed by atoms with van der Waals surface area (Å²) in [6.07, 6.45) is 7.03. The molecule has 5 atom stereocenters. The number of aromatic nitrogens is 1. The van der Waals surface area contributed by atoms with Crippen molar-refractivity contribution in [2.45, 2.75) is 83.0 Å². The van der Waals surface area contributed by atoms with Crippen LogP contribution in [0.25, 0.3) is 11.1 Å². The Morgan fingerprint density at radius 2 is 1.76 bits per heavy atom. The summed E-state index contributed by atoms with van der Waals surface area (Å²) in [5, 5.41) is 9.80. The zero-order valence-electron chi connectivity index (χ0n) is 26.8. The van der Waals surface area contributed by atoms with Gasteiger partial charge in [0, 0.05) is 44.1 Å². The maximum Gasteiger partial charge on any atom is 0.306 e. The molecule has 0 amide bonds. The highest BCUT2D eigenvalue weighted by Crippen LogP contribution is 2.48. The molecule has 2 aromatic carbocycles. The Morgan fingerprint density at radius 3 is 2.42 bits per heavy atom. The molecule has 6 rings (SSSR count). The van der Waals surface area contributed by atoms with Crippen LogP contribution in [-0.4, -0.2) is 60.5 Å². The number of fused-ring (bicyclic) bond motifs is 1. The quantitative estimate of drug-likeness (QED) is 0.232. The van der Waals surface area contributed by atoms with Crippen molar-refractivity contribution >= 4 is 5.97 Å². The van der Waals surface area contributed by atoms with Crippen LogP contribution >= 0.6 is 0 Å². The van der Waals surface area contributed by atoms with Gasteiger partial charge in [-0.25, -0.2) is 4.39 Å². The Hall–Kier alpha value is -3.33. The van der Waals surface area contributed by atoms with E-state index in [4.69, 9.17) is 14.2 Å². The van der Waals surface area contributed by atoms with E-state index in [1.807, 2.05) is 26.0 Å². The Kier molecular flexibility index (Phi) is 9.54. The van der Waals surface area contributed by atoms with E-state index in [0.29, 0.717) is 31.2 Å². The van der Waals surface area contributed by atoms with Gasteiger partial charge in [0.25, 0.3) is 0 Å². The maximum absolute atomic E-state index is 15.3. The van der Waals surface area contributed by atoms with Crippen molar-refractivity contribution in [3.05, 3.63) is 82.4 Å². The lowest BCUT2D eigenvalue weighted by Gasteiger charge is -2.32. The molecule has 0 bridgehead atoms. The first kappa shape index (κ1) is 31.6. The van der Waals surface area contributed by atoms with E-state index in [1.165, 1.54) is 6.20 Å². The minimum absolute atomic E-state index is 0.0121. The van der Waals surface area contributed by atoms with Crippen LogP contribution in [0, 0.1) is 24.6 Å². The zero-order valence-corrected chi connectivity index (χ0v) is 26.8. The molecule has 3 aromatic rings. The summed E-state index contributed by atoms with van der Waals surface area (Å²) in [6.45, 7) is 5.60. The van der Waals surface area contributed by atoms with Gasteiger partial charge in [-0.2, -0.15) is 0 Å². The first-order valence-corrected chi connectivity index (χ1v) is 16.3. The largest absolute Gasteiger partial charge is 0.485 e. The second-order valence-corrected chi connectivity index (χ2v) is 13.2. The predicted molar refractivity (Wildman–Crippen MR) is 171 cm³/mol. The van der Waals surface area contributed by atoms with Crippen molar-refractivity contribution in [3.8, 4) is 16.9 Å². The molecular weight excluding hydrogens is 571 g/mol. The van der Waals surface area contributed by atoms with Crippen molar-refractivity contribution in [2.24, 2.45) is 11.8 Å². The maximum atomic E-state index is 15.3. The van der Waals surface area contributed by atoms with Crippen LogP contribution in [0.3, 0.4) is 0 Å². The number of aliphatic carboxylic acids is 1. The molecule has 3 heterocycles. The summed E-state index contributed by atoms with van der Waals surface area (Å²) >= 11 is 0. The molecular formula is C37H45FN2O5. The third-order valence-corrected chi connectivity index (χ3v) is 10.1. The van der Waals surface area contributed by atoms with Crippen molar-refractivity contribution in [1.82, 2.24) is 9.88 Å². The molecule has 7 nitrogen and oxygen atoms in total. The Bertz CT molecular complexity index is 1510. The molecule has 45 heavy (non-hydrogen) atoms. The summed E-state index contributed by atoms with van der Waals surface area (Å²) < 4.78 is 33.1. The molecule has 8 heteroatoms.